The number of nitrogens with one attached hydrogen (secondary N) is 1. The molecule has 0 spiro atoms. The van der Waals surface area contributed by atoms with Crippen LogP contribution in [0.15, 0.2) is 30.9 Å². The van der Waals surface area contributed by atoms with Crippen LogP contribution in [0, 0.1) is 0 Å². The first kappa shape index (κ1) is 10.8. The van der Waals surface area contributed by atoms with Gasteiger partial charge < -0.3 is 5.32 Å². The van der Waals surface area contributed by atoms with E-state index in [-0.39, 0.29) is 0 Å². The van der Waals surface area contributed by atoms with Gasteiger partial charge in [0.05, 0.1) is 0 Å². The molecular weight excluding hydrogens is 202 g/mol. The van der Waals surface area contributed by atoms with Crippen LogP contribution in [0.4, 0.5) is 0 Å². The summed E-state index contributed by atoms with van der Waals surface area (Å²) in [6, 6.07) is 1.85. The Morgan fingerprint density at radius 1 is 1.31 bits per heavy atom. The Balaban J connectivity index is 2.00. The van der Waals surface area contributed by atoms with Crippen LogP contribution in [-0.2, 0) is 6.54 Å². The molecule has 0 atom stereocenters. The van der Waals surface area contributed by atoms with Crippen LogP contribution in [-0.4, -0.2) is 26.3 Å². The summed E-state index contributed by atoms with van der Waals surface area (Å²) in [6.45, 7) is 3.97. The van der Waals surface area contributed by atoms with Crippen molar-refractivity contribution < 1.29 is 0 Å². The highest BCUT2D eigenvalue weighted by atomic mass is 15.3. The largest absolute Gasteiger partial charge is 0.313 e. The normalized spacial score (nSPS) is 10.6. The van der Waals surface area contributed by atoms with E-state index >= 15 is 0 Å². The van der Waals surface area contributed by atoms with Crippen LogP contribution < -0.4 is 5.32 Å². The van der Waals surface area contributed by atoms with Crippen LogP contribution in [0.1, 0.15) is 18.9 Å². The molecular formula is C11H15N5. The molecule has 2 aromatic rings. The van der Waals surface area contributed by atoms with Crippen molar-refractivity contribution in [1.29, 1.82) is 0 Å². The average Bonchev–Trinajstić information content (AvgIpc) is 2.84. The lowest BCUT2D eigenvalue weighted by atomic mass is 10.3. The molecule has 2 aromatic heterocycles. The van der Waals surface area contributed by atoms with Crippen LogP contribution in [0.5, 0.6) is 0 Å². The van der Waals surface area contributed by atoms with Crippen LogP contribution in [0.25, 0.3) is 5.95 Å². The van der Waals surface area contributed by atoms with Crippen molar-refractivity contribution in [3.8, 4) is 5.95 Å². The quantitative estimate of drug-likeness (QED) is 0.764. The van der Waals surface area contributed by atoms with Gasteiger partial charge in [-0.15, -0.1) is 0 Å². The first-order chi connectivity index (χ1) is 7.90. The molecule has 0 aliphatic heterocycles. The molecule has 0 saturated carbocycles. The predicted molar refractivity (Wildman–Crippen MR) is 61.2 cm³/mol. The molecule has 0 unspecified atom stereocenters. The van der Waals surface area contributed by atoms with E-state index in [9.17, 15) is 0 Å². The molecule has 84 valence electrons. The zero-order valence-electron chi connectivity index (χ0n) is 9.30. The summed E-state index contributed by atoms with van der Waals surface area (Å²) in [5.74, 6) is 0.601. The van der Waals surface area contributed by atoms with Crippen molar-refractivity contribution in [2.75, 3.05) is 6.54 Å². The van der Waals surface area contributed by atoms with Crippen molar-refractivity contribution in [2.45, 2.75) is 19.9 Å². The van der Waals surface area contributed by atoms with E-state index in [2.05, 4.69) is 27.3 Å². The van der Waals surface area contributed by atoms with E-state index in [1.165, 1.54) is 0 Å². The lowest BCUT2D eigenvalue weighted by Crippen LogP contribution is -2.14. The third kappa shape index (κ3) is 2.64. The SMILES string of the molecule is CCCNCc1cnc(-n2cccn2)nc1. The molecule has 0 aliphatic rings. The fourth-order valence-corrected chi connectivity index (χ4v) is 1.35. The minimum Gasteiger partial charge on any atom is -0.313 e. The summed E-state index contributed by atoms with van der Waals surface area (Å²) in [5.41, 5.74) is 1.09. The summed E-state index contributed by atoms with van der Waals surface area (Å²) in [5, 5.41) is 7.37. The van der Waals surface area contributed by atoms with Crippen molar-refractivity contribution in [3.05, 3.63) is 36.4 Å². The standard InChI is InChI=1S/C11H15N5/c1-2-4-12-7-10-8-13-11(14-9-10)16-6-3-5-15-16/h3,5-6,8-9,12H,2,4,7H2,1H3. The van der Waals surface area contributed by atoms with E-state index < -0.39 is 0 Å². The minimum absolute atomic E-state index is 0.601. The fourth-order valence-electron chi connectivity index (χ4n) is 1.35. The number of hydrogen-bond acceptors (Lipinski definition) is 4. The van der Waals surface area contributed by atoms with Gasteiger partial charge in [-0.05, 0) is 19.0 Å². The van der Waals surface area contributed by atoms with Gasteiger partial charge in [-0.3, -0.25) is 0 Å². The van der Waals surface area contributed by atoms with E-state index in [4.69, 9.17) is 0 Å². The number of aromatic nitrogens is 4. The third-order valence-electron chi connectivity index (χ3n) is 2.16. The van der Waals surface area contributed by atoms with E-state index in [1.807, 2.05) is 24.7 Å². The zero-order chi connectivity index (χ0) is 11.2. The van der Waals surface area contributed by atoms with Crippen LogP contribution >= 0.6 is 0 Å². The van der Waals surface area contributed by atoms with Gasteiger partial charge >= 0.3 is 0 Å². The second kappa shape index (κ2) is 5.37. The summed E-state index contributed by atoms with van der Waals surface area (Å²) in [6.07, 6.45) is 8.32. The molecule has 0 radical (unpaired) electrons. The predicted octanol–water partition coefficient (Wildman–Crippen LogP) is 1.16. The Bertz CT molecular complexity index is 406. The fraction of sp³-hybridized carbons (Fsp3) is 0.364. The molecule has 2 heterocycles. The Kier molecular flexibility index (Phi) is 3.61. The van der Waals surface area contributed by atoms with Gasteiger partial charge in [0.2, 0.25) is 5.95 Å². The van der Waals surface area contributed by atoms with Crippen molar-refractivity contribution >= 4 is 0 Å². The summed E-state index contributed by atoms with van der Waals surface area (Å²) in [4.78, 5) is 8.50. The molecule has 5 heteroatoms. The third-order valence-corrected chi connectivity index (χ3v) is 2.16. The Hall–Kier alpha value is -1.75. The van der Waals surface area contributed by atoms with Crippen LogP contribution in [0.3, 0.4) is 0 Å². The first-order valence-corrected chi connectivity index (χ1v) is 5.42. The summed E-state index contributed by atoms with van der Waals surface area (Å²) >= 11 is 0. The maximum absolute atomic E-state index is 4.25. The van der Waals surface area contributed by atoms with Crippen molar-refractivity contribution in [1.82, 2.24) is 25.1 Å². The first-order valence-electron chi connectivity index (χ1n) is 5.42. The zero-order valence-corrected chi connectivity index (χ0v) is 9.30. The molecule has 0 amide bonds. The number of nitrogens with zero attached hydrogens (tertiary/aromatic N) is 4. The highest BCUT2D eigenvalue weighted by molar-refractivity contribution is 5.13. The number of hydrogen-bond donors (Lipinski definition) is 1. The second-order valence-electron chi connectivity index (χ2n) is 3.52. The molecule has 0 fully saturated rings. The molecule has 2 rings (SSSR count). The van der Waals surface area contributed by atoms with Gasteiger partial charge in [-0.2, -0.15) is 5.10 Å². The van der Waals surface area contributed by atoms with E-state index in [0.29, 0.717) is 5.95 Å². The minimum atomic E-state index is 0.601. The second-order valence-corrected chi connectivity index (χ2v) is 3.52. The lowest BCUT2D eigenvalue weighted by Gasteiger charge is -2.03. The molecule has 5 nitrogen and oxygen atoms in total. The highest BCUT2D eigenvalue weighted by Gasteiger charge is 1.99. The number of rotatable bonds is 5. The smallest absolute Gasteiger partial charge is 0.250 e. The van der Waals surface area contributed by atoms with Gasteiger partial charge in [-0.1, -0.05) is 6.92 Å². The Morgan fingerprint density at radius 3 is 2.75 bits per heavy atom. The molecule has 0 aromatic carbocycles. The van der Waals surface area contributed by atoms with Crippen LogP contribution in [0.2, 0.25) is 0 Å². The van der Waals surface area contributed by atoms with E-state index in [1.54, 1.807) is 10.9 Å². The van der Waals surface area contributed by atoms with Crippen molar-refractivity contribution in [2.24, 2.45) is 0 Å². The molecule has 0 bridgehead atoms. The lowest BCUT2D eigenvalue weighted by molar-refractivity contribution is 0.669. The molecule has 0 aliphatic carbocycles. The summed E-state index contributed by atoms with van der Waals surface area (Å²) in [7, 11) is 0. The molecule has 0 saturated heterocycles. The Labute approximate surface area is 94.5 Å². The van der Waals surface area contributed by atoms with Gasteiger partial charge in [-0.25, -0.2) is 14.6 Å². The van der Waals surface area contributed by atoms with Gasteiger partial charge in [0.1, 0.15) is 0 Å². The maximum atomic E-state index is 4.25. The highest BCUT2D eigenvalue weighted by Crippen LogP contribution is 2.00. The monoisotopic (exact) mass is 217 g/mol. The van der Waals surface area contributed by atoms with Gasteiger partial charge in [0.15, 0.2) is 0 Å². The van der Waals surface area contributed by atoms with Gasteiger partial charge in [0.25, 0.3) is 0 Å². The average molecular weight is 217 g/mol. The Morgan fingerprint density at radius 2 is 2.12 bits per heavy atom. The molecule has 16 heavy (non-hydrogen) atoms. The topological polar surface area (TPSA) is 55.6 Å². The maximum Gasteiger partial charge on any atom is 0.250 e. The molecule has 1 N–H and O–H groups in total. The van der Waals surface area contributed by atoms with E-state index in [0.717, 1.165) is 25.1 Å². The summed E-state index contributed by atoms with van der Waals surface area (Å²) < 4.78 is 1.64. The van der Waals surface area contributed by atoms with Gasteiger partial charge in [0, 0.05) is 36.9 Å². The van der Waals surface area contributed by atoms with Crippen molar-refractivity contribution in [3.63, 3.8) is 0 Å².